The first-order chi connectivity index (χ1) is 14.4. The molecule has 0 bridgehead atoms. The van der Waals surface area contributed by atoms with Gasteiger partial charge in [-0.15, -0.1) is 11.3 Å². The van der Waals surface area contributed by atoms with Gasteiger partial charge in [0.2, 0.25) is 5.91 Å². The second-order valence-electron chi connectivity index (χ2n) is 7.23. The van der Waals surface area contributed by atoms with E-state index >= 15 is 0 Å². The third-order valence-electron chi connectivity index (χ3n) is 5.08. The molecule has 0 saturated carbocycles. The number of nitrogens with zero attached hydrogens (tertiary/aromatic N) is 4. The number of carbonyl (C=O) groups is 1. The van der Waals surface area contributed by atoms with Gasteiger partial charge in [-0.05, 0) is 49.6 Å². The molecule has 2 aromatic heterocycles. The summed E-state index contributed by atoms with van der Waals surface area (Å²) >= 11 is 1.17. The summed E-state index contributed by atoms with van der Waals surface area (Å²) in [4.78, 5) is 17.1. The van der Waals surface area contributed by atoms with Crippen LogP contribution in [0.5, 0.6) is 0 Å². The van der Waals surface area contributed by atoms with Crippen molar-refractivity contribution < 1.29 is 13.2 Å². The standard InChI is InChI=1S/C20H23N5O3S2/c1-15(16-4-6-17(7-5-16)25-14-21-13-22-25)23-19(26)12-18-8-9-20(29-18)30(27,28)24-10-2-3-11-24/h4-9,13-15H,2-3,10-12H2,1H3,(H,23,26)/t15-/m1/s1. The van der Waals surface area contributed by atoms with Gasteiger partial charge in [0.05, 0.1) is 18.2 Å². The van der Waals surface area contributed by atoms with Crippen LogP contribution in [0.2, 0.25) is 0 Å². The third kappa shape index (κ3) is 4.45. The van der Waals surface area contributed by atoms with Crippen molar-refractivity contribution in [2.24, 2.45) is 0 Å². The maximum atomic E-state index is 12.6. The number of hydrogen-bond donors (Lipinski definition) is 1. The van der Waals surface area contributed by atoms with Gasteiger partial charge < -0.3 is 5.32 Å². The third-order valence-corrected chi connectivity index (χ3v) is 8.54. The summed E-state index contributed by atoms with van der Waals surface area (Å²) in [5.74, 6) is -0.144. The first-order valence-electron chi connectivity index (χ1n) is 9.77. The fourth-order valence-corrected chi connectivity index (χ4v) is 6.46. The molecule has 8 nitrogen and oxygen atoms in total. The van der Waals surface area contributed by atoms with E-state index in [9.17, 15) is 13.2 Å². The molecule has 1 aliphatic rings. The van der Waals surface area contributed by atoms with Crippen LogP contribution in [-0.2, 0) is 21.2 Å². The Kier molecular flexibility index (Phi) is 5.98. The van der Waals surface area contributed by atoms with Crippen LogP contribution in [0.15, 0.2) is 53.3 Å². The SMILES string of the molecule is C[C@@H](NC(=O)Cc1ccc(S(=O)(=O)N2CCCC2)s1)c1ccc(-n2cncn2)cc1. The van der Waals surface area contributed by atoms with Crippen LogP contribution in [-0.4, -0.2) is 46.5 Å². The molecule has 1 aromatic carbocycles. The lowest BCUT2D eigenvalue weighted by atomic mass is 10.1. The molecule has 3 heterocycles. The number of thiophene rings is 1. The molecule has 158 valence electrons. The Morgan fingerprint density at radius 2 is 1.90 bits per heavy atom. The van der Waals surface area contributed by atoms with Crippen molar-refractivity contribution in [3.8, 4) is 5.69 Å². The number of aromatic nitrogens is 3. The van der Waals surface area contributed by atoms with Crippen LogP contribution in [0.1, 0.15) is 36.2 Å². The highest BCUT2D eigenvalue weighted by Crippen LogP contribution is 2.27. The van der Waals surface area contributed by atoms with Gasteiger partial charge in [-0.25, -0.2) is 18.1 Å². The van der Waals surface area contributed by atoms with E-state index in [1.807, 2.05) is 31.2 Å². The molecule has 1 saturated heterocycles. The van der Waals surface area contributed by atoms with Crippen LogP contribution in [0.4, 0.5) is 0 Å². The Bertz CT molecular complexity index is 1100. The zero-order chi connectivity index (χ0) is 21.1. The predicted octanol–water partition coefficient (Wildman–Crippen LogP) is 2.53. The van der Waals surface area contributed by atoms with Crippen molar-refractivity contribution in [2.45, 2.75) is 36.4 Å². The van der Waals surface area contributed by atoms with E-state index in [-0.39, 0.29) is 18.4 Å². The first-order valence-corrected chi connectivity index (χ1v) is 12.0. The van der Waals surface area contributed by atoms with Crippen molar-refractivity contribution in [2.75, 3.05) is 13.1 Å². The highest BCUT2D eigenvalue weighted by Gasteiger charge is 2.28. The van der Waals surface area contributed by atoms with Crippen molar-refractivity contribution in [3.63, 3.8) is 0 Å². The number of amides is 1. The first kappa shape index (κ1) is 20.7. The molecule has 1 aliphatic heterocycles. The highest BCUT2D eigenvalue weighted by molar-refractivity contribution is 7.91. The van der Waals surface area contributed by atoms with E-state index in [0.717, 1.165) is 29.0 Å². The van der Waals surface area contributed by atoms with Gasteiger partial charge in [0.1, 0.15) is 16.9 Å². The summed E-state index contributed by atoms with van der Waals surface area (Å²) in [6, 6.07) is 10.9. The van der Waals surface area contributed by atoms with Crippen LogP contribution in [0.3, 0.4) is 0 Å². The Morgan fingerprint density at radius 3 is 2.57 bits per heavy atom. The molecule has 1 atom stereocenters. The van der Waals surface area contributed by atoms with Gasteiger partial charge >= 0.3 is 0 Å². The molecule has 0 spiro atoms. The van der Waals surface area contributed by atoms with Crippen molar-refractivity contribution in [3.05, 3.63) is 59.5 Å². The van der Waals surface area contributed by atoms with Crippen molar-refractivity contribution in [1.82, 2.24) is 24.4 Å². The summed E-state index contributed by atoms with van der Waals surface area (Å²) in [6.07, 6.45) is 5.05. The van der Waals surface area contributed by atoms with Crippen molar-refractivity contribution in [1.29, 1.82) is 0 Å². The second kappa shape index (κ2) is 8.66. The summed E-state index contributed by atoms with van der Waals surface area (Å²) in [7, 11) is -3.43. The fraction of sp³-hybridized carbons (Fsp3) is 0.350. The van der Waals surface area contributed by atoms with Crippen LogP contribution >= 0.6 is 11.3 Å². The number of rotatable bonds is 7. The number of nitrogens with one attached hydrogen (secondary N) is 1. The maximum absolute atomic E-state index is 12.6. The average Bonchev–Trinajstić information content (AvgIpc) is 3.50. The van der Waals surface area contributed by atoms with Crippen LogP contribution < -0.4 is 5.32 Å². The van der Waals surface area contributed by atoms with E-state index in [2.05, 4.69) is 15.4 Å². The molecule has 1 fully saturated rings. The van der Waals surface area contributed by atoms with E-state index in [0.29, 0.717) is 17.3 Å². The molecule has 1 N–H and O–H groups in total. The van der Waals surface area contributed by atoms with Crippen LogP contribution in [0, 0.1) is 0 Å². The second-order valence-corrected chi connectivity index (χ2v) is 10.6. The number of benzene rings is 1. The Labute approximate surface area is 179 Å². The summed E-state index contributed by atoms with van der Waals surface area (Å²) in [5.41, 5.74) is 1.86. The smallest absolute Gasteiger partial charge is 0.252 e. The molecule has 4 rings (SSSR count). The van der Waals surface area contributed by atoms with E-state index < -0.39 is 10.0 Å². The average molecular weight is 446 g/mol. The zero-order valence-electron chi connectivity index (χ0n) is 16.6. The molecule has 0 aliphatic carbocycles. The molecule has 3 aromatic rings. The molecule has 30 heavy (non-hydrogen) atoms. The van der Waals surface area contributed by atoms with Gasteiger partial charge in [-0.3, -0.25) is 4.79 Å². The van der Waals surface area contributed by atoms with Gasteiger partial charge in [0.15, 0.2) is 0 Å². The van der Waals surface area contributed by atoms with E-state index in [4.69, 9.17) is 0 Å². The summed E-state index contributed by atoms with van der Waals surface area (Å²) < 4.78 is 28.8. The van der Waals surface area contributed by atoms with E-state index in [1.54, 1.807) is 23.1 Å². The molecule has 10 heteroatoms. The molecule has 0 radical (unpaired) electrons. The molecular weight excluding hydrogens is 422 g/mol. The van der Waals surface area contributed by atoms with Gasteiger partial charge in [0.25, 0.3) is 10.0 Å². The van der Waals surface area contributed by atoms with Gasteiger partial charge in [0, 0.05) is 18.0 Å². The number of carbonyl (C=O) groups excluding carboxylic acids is 1. The lowest BCUT2D eigenvalue weighted by molar-refractivity contribution is -0.121. The molecular formula is C20H23N5O3S2. The van der Waals surface area contributed by atoms with Crippen molar-refractivity contribution >= 4 is 27.3 Å². The lowest BCUT2D eigenvalue weighted by Gasteiger charge is -2.15. The summed E-state index contributed by atoms with van der Waals surface area (Å²) in [6.45, 7) is 3.06. The normalized spacial score (nSPS) is 15.9. The molecule has 0 unspecified atom stereocenters. The van der Waals surface area contributed by atoms with E-state index in [1.165, 1.54) is 22.0 Å². The highest BCUT2D eigenvalue weighted by atomic mass is 32.2. The Morgan fingerprint density at radius 1 is 1.17 bits per heavy atom. The fourth-order valence-electron chi connectivity index (χ4n) is 3.44. The topological polar surface area (TPSA) is 97.2 Å². The Hall–Kier alpha value is -2.56. The predicted molar refractivity (Wildman–Crippen MR) is 114 cm³/mol. The van der Waals surface area contributed by atoms with Gasteiger partial charge in [-0.1, -0.05) is 12.1 Å². The minimum absolute atomic E-state index is 0.144. The minimum Gasteiger partial charge on any atom is -0.349 e. The largest absolute Gasteiger partial charge is 0.349 e. The van der Waals surface area contributed by atoms with Crippen LogP contribution in [0.25, 0.3) is 5.69 Å². The van der Waals surface area contributed by atoms with Gasteiger partial charge in [-0.2, -0.15) is 9.40 Å². The summed E-state index contributed by atoms with van der Waals surface area (Å²) in [5, 5.41) is 7.07. The number of hydrogen-bond acceptors (Lipinski definition) is 6. The maximum Gasteiger partial charge on any atom is 0.252 e. The lowest BCUT2D eigenvalue weighted by Crippen LogP contribution is -2.28. The zero-order valence-corrected chi connectivity index (χ0v) is 18.2. The quantitative estimate of drug-likeness (QED) is 0.603. The Balaban J connectivity index is 1.36. The minimum atomic E-state index is -3.43. The molecule has 1 amide bonds. The monoisotopic (exact) mass is 445 g/mol. The number of sulfonamides is 1.